The van der Waals surface area contributed by atoms with Gasteiger partial charge in [0, 0.05) is 6.61 Å². The Morgan fingerprint density at radius 2 is 2.00 bits per heavy atom. The first-order valence-corrected chi connectivity index (χ1v) is 4.13. The molecule has 1 fully saturated rings. The van der Waals surface area contributed by atoms with Crippen LogP contribution >= 0.6 is 0 Å². The smallest absolute Gasteiger partial charge is 0.0825 e. The van der Waals surface area contributed by atoms with Gasteiger partial charge in [0.15, 0.2) is 0 Å². The maximum absolute atomic E-state index is 5.54. The zero-order valence-corrected chi connectivity index (χ0v) is 6.49. The van der Waals surface area contributed by atoms with Gasteiger partial charge in [0.25, 0.3) is 0 Å². The highest BCUT2D eigenvalue weighted by molar-refractivity contribution is 5.17. The Kier molecular flexibility index (Phi) is 1.91. The molecule has 0 amide bonds. The fourth-order valence-corrected chi connectivity index (χ4v) is 1.51. The molecule has 1 aromatic rings. The lowest BCUT2D eigenvalue weighted by atomic mass is 10.1. The SMILES string of the molecule is c1ccc([C@@H]2CCCO2)cc1. The molecule has 2 rings (SSSR count). The molecule has 1 nitrogen and oxygen atoms in total. The number of hydrogen-bond donors (Lipinski definition) is 0. The molecule has 1 saturated heterocycles. The summed E-state index contributed by atoms with van der Waals surface area (Å²) in [5, 5.41) is 0. The van der Waals surface area contributed by atoms with Crippen molar-refractivity contribution in [3.63, 3.8) is 0 Å². The van der Waals surface area contributed by atoms with Gasteiger partial charge in [-0.05, 0) is 18.4 Å². The van der Waals surface area contributed by atoms with Gasteiger partial charge in [-0.2, -0.15) is 0 Å². The van der Waals surface area contributed by atoms with Crippen molar-refractivity contribution < 1.29 is 4.74 Å². The predicted molar refractivity (Wildman–Crippen MR) is 44.4 cm³/mol. The van der Waals surface area contributed by atoms with Crippen LogP contribution in [-0.4, -0.2) is 6.61 Å². The highest BCUT2D eigenvalue weighted by Gasteiger charge is 2.16. The second-order valence-electron chi connectivity index (χ2n) is 2.91. The van der Waals surface area contributed by atoms with Crippen molar-refractivity contribution in [1.29, 1.82) is 0 Å². The van der Waals surface area contributed by atoms with Gasteiger partial charge in [0.2, 0.25) is 0 Å². The highest BCUT2D eigenvalue weighted by atomic mass is 16.5. The molecule has 1 atom stereocenters. The maximum atomic E-state index is 5.54. The molecular formula is C10H12O. The maximum Gasteiger partial charge on any atom is 0.0825 e. The Morgan fingerprint density at radius 1 is 1.18 bits per heavy atom. The molecule has 1 aromatic carbocycles. The van der Waals surface area contributed by atoms with Crippen molar-refractivity contribution in [2.75, 3.05) is 6.61 Å². The zero-order chi connectivity index (χ0) is 7.52. The minimum atomic E-state index is 0.371. The van der Waals surface area contributed by atoms with Crippen LogP contribution in [0.25, 0.3) is 0 Å². The van der Waals surface area contributed by atoms with E-state index < -0.39 is 0 Å². The van der Waals surface area contributed by atoms with E-state index in [-0.39, 0.29) is 0 Å². The van der Waals surface area contributed by atoms with Gasteiger partial charge in [-0.25, -0.2) is 0 Å². The van der Waals surface area contributed by atoms with E-state index in [0.717, 1.165) is 6.61 Å². The van der Waals surface area contributed by atoms with Gasteiger partial charge in [-0.15, -0.1) is 0 Å². The molecule has 0 radical (unpaired) electrons. The molecule has 11 heavy (non-hydrogen) atoms. The molecular weight excluding hydrogens is 136 g/mol. The summed E-state index contributed by atoms with van der Waals surface area (Å²) in [5.41, 5.74) is 1.32. The van der Waals surface area contributed by atoms with Crippen LogP contribution in [0.2, 0.25) is 0 Å². The monoisotopic (exact) mass is 148 g/mol. The van der Waals surface area contributed by atoms with E-state index in [4.69, 9.17) is 4.74 Å². The van der Waals surface area contributed by atoms with Crippen molar-refractivity contribution in [3.05, 3.63) is 35.9 Å². The Morgan fingerprint density at radius 3 is 2.64 bits per heavy atom. The molecule has 0 unspecified atom stereocenters. The van der Waals surface area contributed by atoms with Gasteiger partial charge >= 0.3 is 0 Å². The highest BCUT2D eigenvalue weighted by Crippen LogP contribution is 2.27. The molecule has 0 spiro atoms. The average Bonchev–Trinajstić information content (AvgIpc) is 2.58. The Balaban J connectivity index is 2.16. The van der Waals surface area contributed by atoms with Gasteiger partial charge in [-0.3, -0.25) is 0 Å². The van der Waals surface area contributed by atoms with Crippen molar-refractivity contribution in [2.24, 2.45) is 0 Å². The van der Waals surface area contributed by atoms with Crippen molar-refractivity contribution in [3.8, 4) is 0 Å². The first kappa shape index (κ1) is 6.86. The van der Waals surface area contributed by atoms with Crippen LogP contribution in [0, 0.1) is 0 Å². The summed E-state index contributed by atoms with van der Waals surface area (Å²) < 4.78 is 5.54. The molecule has 1 aliphatic heterocycles. The number of rotatable bonds is 1. The summed E-state index contributed by atoms with van der Waals surface area (Å²) >= 11 is 0. The molecule has 0 aliphatic carbocycles. The first-order valence-electron chi connectivity index (χ1n) is 4.13. The average molecular weight is 148 g/mol. The molecule has 1 heterocycles. The minimum absolute atomic E-state index is 0.371. The van der Waals surface area contributed by atoms with E-state index in [0.29, 0.717) is 6.10 Å². The third kappa shape index (κ3) is 1.43. The van der Waals surface area contributed by atoms with Crippen LogP contribution < -0.4 is 0 Å². The van der Waals surface area contributed by atoms with Crippen LogP contribution in [0.3, 0.4) is 0 Å². The summed E-state index contributed by atoms with van der Waals surface area (Å²) in [6.07, 6.45) is 2.76. The van der Waals surface area contributed by atoms with Crippen LogP contribution in [0.4, 0.5) is 0 Å². The van der Waals surface area contributed by atoms with E-state index in [1.54, 1.807) is 0 Å². The topological polar surface area (TPSA) is 9.23 Å². The van der Waals surface area contributed by atoms with Crippen LogP contribution in [-0.2, 0) is 4.74 Å². The molecule has 0 N–H and O–H groups in total. The predicted octanol–water partition coefficient (Wildman–Crippen LogP) is 2.54. The van der Waals surface area contributed by atoms with E-state index in [1.165, 1.54) is 18.4 Å². The fourth-order valence-electron chi connectivity index (χ4n) is 1.51. The first-order chi connectivity index (χ1) is 5.47. The lowest BCUT2D eigenvalue weighted by Crippen LogP contribution is -1.93. The Hall–Kier alpha value is -0.820. The van der Waals surface area contributed by atoms with E-state index in [1.807, 2.05) is 6.07 Å². The van der Waals surface area contributed by atoms with Crippen molar-refractivity contribution in [1.82, 2.24) is 0 Å². The van der Waals surface area contributed by atoms with Crippen LogP contribution in [0.5, 0.6) is 0 Å². The molecule has 0 bridgehead atoms. The fraction of sp³-hybridized carbons (Fsp3) is 0.400. The minimum Gasteiger partial charge on any atom is -0.374 e. The largest absolute Gasteiger partial charge is 0.374 e. The summed E-state index contributed by atoms with van der Waals surface area (Å²) in [7, 11) is 0. The quantitative estimate of drug-likeness (QED) is 0.594. The van der Waals surface area contributed by atoms with Crippen LogP contribution in [0.1, 0.15) is 24.5 Å². The molecule has 0 aromatic heterocycles. The molecule has 58 valence electrons. The molecule has 1 heteroatoms. The Bertz CT molecular complexity index is 212. The Labute approximate surface area is 67.0 Å². The second-order valence-corrected chi connectivity index (χ2v) is 2.91. The van der Waals surface area contributed by atoms with E-state index >= 15 is 0 Å². The lowest BCUT2D eigenvalue weighted by Gasteiger charge is -2.07. The number of hydrogen-bond acceptors (Lipinski definition) is 1. The zero-order valence-electron chi connectivity index (χ0n) is 6.49. The second kappa shape index (κ2) is 3.05. The normalized spacial score (nSPS) is 23.8. The third-order valence-corrected chi connectivity index (χ3v) is 2.10. The molecule has 1 aliphatic rings. The summed E-state index contributed by atoms with van der Waals surface area (Å²) in [5.74, 6) is 0. The number of benzene rings is 1. The van der Waals surface area contributed by atoms with E-state index in [2.05, 4.69) is 24.3 Å². The van der Waals surface area contributed by atoms with Gasteiger partial charge < -0.3 is 4.74 Å². The third-order valence-electron chi connectivity index (χ3n) is 2.10. The lowest BCUT2D eigenvalue weighted by molar-refractivity contribution is 0.112. The van der Waals surface area contributed by atoms with Gasteiger partial charge in [0.1, 0.15) is 0 Å². The number of ether oxygens (including phenoxy) is 1. The van der Waals surface area contributed by atoms with Gasteiger partial charge in [-0.1, -0.05) is 30.3 Å². The van der Waals surface area contributed by atoms with Gasteiger partial charge in [0.05, 0.1) is 6.10 Å². The summed E-state index contributed by atoms with van der Waals surface area (Å²) in [6, 6.07) is 10.4. The van der Waals surface area contributed by atoms with E-state index in [9.17, 15) is 0 Å². The van der Waals surface area contributed by atoms with Crippen molar-refractivity contribution in [2.45, 2.75) is 18.9 Å². The summed E-state index contributed by atoms with van der Waals surface area (Å²) in [6.45, 7) is 0.930. The van der Waals surface area contributed by atoms with Crippen molar-refractivity contribution >= 4 is 0 Å². The summed E-state index contributed by atoms with van der Waals surface area (Å²) in [4.78, 5) is 0. The standard InChI is InChI=1S/C10H12O/c1-2-5-9(6-3-1)10-7-4-8-11-10/h1-3,5-6,10H,4,7-8H2/t10-/m0/s1. The molecule has 0 saturated carbocycles. The van der Waals surface area contributed by atoms with Crippen LogP contribution in [0.15, 0.2) is 30.3 Å².